The quantitative estimate of drug-likeness (QED) is 0.877. The molecule has 0 aliphatic rings. The lowest BCUT2D eigenvalue weighted by Crippen LogP contribution is -2.11. The second kappa shape index (κ2) is 4.95. The molecule has 0 saturated carbocycles. The summed E-state index contributed by atoms with van der Waals surface area (Å²) in [7, 11) is 0. The van der Waals surface area contributed by atoms with Gasteiger partial charge < -0.3 is 10.1 Å². The normalized spacial score (nSPS) is 12.3. The number of hydrogen-bond acceptors (Lipinski definition) is 2. The van der Waals surface area contributed by atoms with Crippen LogP contribution in [0.25, 0.3) is 0 Å². The zero-order chi connectivity index (χ0) is 13.1. The van der Waals surface area contributed by atoms with Crippen LogP contribution in [0.15, 0.2) is 30.6 Å². The number of imidazole rings is 1. The van der Waals surface area contributed by atoms with E-state index in [2.05, 4.69) is 9.97 Å². The van der Waals surface area contributed by atoms with Gasteiger partial charge in [0.25, 0.3) is 0 Å². The van der Waals surface area contributed by atoms with Crippen molar-refractivity contribution in [1.29, 1.82) is 0 Å². The molecule has 1 atom stereocenters. The van der Waals surface area contributed by atoms with E-state index in [1.54, 1.807) is 0 Å². The van der Waals surface area contributed by atoms with Crippen LogP contribution in [0, 0.1) is 11.6 Å². The molecule has 2 rings (SSSR count). The Balaban J connectivity index is 2.43. The lowest BCUT2D eigenvalue weighted by molar-refractivity contribution is -0.137. The molecule has 0 radical (unpaired) electrons. The van der Waals surface area contributed by atoms with Gasteiger partial charge in [-0.2, -0.15) is 0 Å². The van der Waals surface area contributed by atoms with Crippen LogP contribution in [0.5, 0.6) is 0 Å². The molecule has 0 saturated heterocycles. The fourth-order valence-corrected chi connectivity index (χ4v) is 1.78. The topological polar surface area (TPSA) is 66.0 Å². The number of rotatable bonds is 4. The second-order valence-electron chi connectivity index (χ2n) is 3.79. The SMILES string of the molecule is O=C(O)CC(c1ncc[nH]1)c1ccc(F)cc1F. The Morgan fingerprint density at radius 1 is 1.44 bits per heavy atom. The highest BCUT2D eigenvalue weighted by Crippen LogP contribution is 2.28. The number of carboxylic acids is 1. The number of hydrogen-bond donors (Lipinski definition) is 2. The second-order valence-corrected chi connectivity index (χ2v) is 3.79. The third-order valence-corrected chi connectivity index (χ3v) is 2.57. The van der Waals surface area contributed by atoms with Gasteiger partial charge in [0.1, 0.15) is 17.5 Å². The molecule has 1 heterocycles. The van der Waals surface area contributed by atoms with Crippen LogP contribution in [-0.2, 0) is 4.79 Å². The third-order valence-electron chi connectivity index (χ3n) is 2.57. The van der Waals surface area contributed by atoms with E-state index >= 15 is 0 Å². The predicted octanol–water partition coefficient (Wildman–Crippen LogP) is 2.29. The first-order chi connectivity index (χ1) is 8.58. The van der Waals surface area contributed by atoms with Crippen LogP contribution in [0.1, 0.15) is 23.7 Å². The molecular weight excluding hydrogens is 242 g/mol. The molecule has 2 N–H and O–H groups in total. The fourth-order valence-electron chi connectivity index (χ4n) is 1.78. The molecule has 1 aromatic carbocycles. The molecule has 94 valence electrons. The van der Waals surface area contributed by atoms with E-state index in [1.807, 2.05) is 0 Å². The molecule has 6 heteroatoms. The molecule has 0 spiro atoms. The summed E-state index contributed by atoms with van der Waals surface area (Å²) in [5.41, 5.74) is 0.105. The van der Waals surface area contributed by atoms with E-state index in [4.69, 9.17) is 5.11 Å². The molecular formula is C12H10F2N2O2. The Morgan fingerprint density at radius 3 is 2.78 bits per heavy atom. The maximum atomic E-state index is 13.7. The van der Waals surface area contributed by atoms with E-state index in [-0.39, 0.29) is 12.0 Å². The lowest BCUT2D eigenvalue weighted by Gasteiger charge is -2.13. The van der Waals surface area contributed by atoms with Crippen molar-refractivity contribution in [1.82, 2.24) is 9.97 Å². The number of halogens is 2. The number of carboxylic acid groups (broad SMARTS) is 1. The highest BCUT2D eigenvalue weighted by Gasteiger charge is 2.23. The number of nitrogens with zero attached hydrogens (tertiary/aromatic N) is 1. The van der Waals surface area contributed by atoms with Crippen molar-refractivity contribution in [2.75, 3.05) is 0 Å². The van der Waals surface area contributed by atoms with Gasteiger partial charge in [-0.1, -0.05) is 6.07 Å². The van der Waals surface area contributed by atoms with Gasteiger partial charge in [-0.3, -0.25) is 4.79 Å². The standard InChI is InChI=1S/C12H10F2N2O2/c13-7-1-2-8(10(14)5-7)9(6-11(17)18)12-15-3-4-16-12/h1-5,9H,6H2,(H,15,16)(H,17,18). The maximum Gasteiger partial charge on any atom is 0.304 e. The largest absolute Gasteiger partial charge is 0.481 e. The molecule has 1 unspecified atom stereocenters. The van der Waals surface area contributed by atoms with Crippen molar-refractivity contribution in [3.63, 3.8) is 0 Å². The summed E-state index contributed by atoms with van der Waals surface area (Å²) < 4.78 is 26.5. The lowest BCUT2D eigenvalue weighted by atomic mass is 9.94. The Bertz CT molecular complexity index is 555. The van der Waals surface area contributed by atoms with Crippen molar-refractivity contribution in [2.45, 2.75) is 12.3 Å². The minimum absolute atomic E-state index is 0.105. The van der Waals surface area contributed by atoms with Crippen molar-refractivity contribution < 1.29 is 18.7 Å². The van der Waals surface area contributed by atoms with Gasteiger partial charge in [0.15, 0.2) is 0 Å². The number of aromatic amines is 1. The minimum atomic E-state index is -1.08. The third kappa shape index (κ3) is 2.53. The number of nitrogens with one attached hydrogen (secondary N) is 1. The smallest absolute Gasteiger partial charge is 0.304 e. The van der Waals surface area contributed by atoms with Crippen molar-refractivity contribution >= 4 is 5.97 Å². The van der Waals surface area contributed by atoms with Crippen molar-refractivity contribution in [3.05, 3.63) is 53.6 Å². The van der Waals surface area contributed by atoms with Crippen LogP contribution >= 0.6 is 0 Å². The molecule has 0 aliphatic carbocycles. The van der Waals surface area contributed by atoms with Crippen molar-refractivity contribution in [2.24, 2.45) is 0 Å². The summed E-state index contributed by atoms with van der Waals surface area (Å²) in [6, 6.07) is 3.06. The van der Waals surface area contributed by atoms with E-state index in [9.17, 15) is 13.6 Å². The van der Waals surface area contributed by atoms with Gasteiger partial charge in [-0.25, -0.2) is 13.8 Å². The van der Waals surface area contributed by atoms with Crippen LogP contribution in [-0.4, -0.2) is 21.0 Å². The fraction of sp³-hybridized carbons (Fsp3) is 0.167. The molecule has 0 fully saturated rings. The molecule has 1 aromatic heterocycles. The summed E-state index contributed by atoms with van der Waals surface area (Å²) in [5, 5.41) is 8.85. The number of benzene rings is 1. The highest BCUT2D eigenvalue weighted by molar-refractivity contribution is 5.68. The summed E-state index contributed by atoms with van der Waals surface area (Å²) in [6.45, 7) is 0. The number of carbonyl (C=O) groups is 1. The van der Waals surface area contributed by atoms with Crippen LogP contribution in [0.4, 0.5) is 8.78 Å². The van der Waals surface area contributed by atoms with Gasteiger partial charge in [0.05, 0.1) is 12.3 Å². The maximum absolute atomic E-state index is 13.7. The van der Waals surface area contributed by atoms with Crippen LogP contribution in [0.2, 0.25) is 0 Å². The number of aliphatic carboxylic acids is 1. The summed E-state index contributed by atoms with van der Waals surface area (Å²) in [6.07, 6.45) is 2.65. The molecule has 2 aromatic rings. The zero-order valence-electron chi connectivity index (χ0n) is 9.23. The number of aromatic nitrogens is 2. The number of H-pyrrole nitrogens is 1. The Hall–Kier alpha value is -2.24. The van der Waals surface area contributed by atoms with Crippen LogP contribution in [0.3, 0.4) is 0 Å². The molecule has 18 heavy (non-hydrogen) atoms. The average Bonchev–Trinajstić information content (AvgIpc) is 2.79. The van der Waals surface area contributed by atoms with Gasteiger partial charge in [-0.05, 0) is 11.6 Å². The Kier molecular flexibility index (Phi) is 3.36. The minimum Gasteiger partial charge on any atom is -0.481 e. The first-order valence-corrected chi connectivity index (χ1v) is 5.24. The molecule has 0 bridgehead atoms. The summed E-state index contributed by atoms with van der Waals surface area (Å²) in [5.74, 6) is -3.00. The van der Waals surface area contributed by atoms with E-state index in [1.165, 1.54) is 18.5 Å². The van der Waals surface area contributed by atoms with Gasteiger partial charge in [-0.15, -0.1) is 0 Å². The van der Waals surface area contributed by atoms with E-state index in [0.717, 1.165) is 12.1 Å². The average molecular weight is 252 g/mol. The first kappa shape index (κ1) is 12.2. The Labute approximate surface area is 101 Å². The first-order valence-electron chi connectivity index (χ1n) is 5.24. The van der Waals surface area contributed by atoms with Crippen molar-refractivity contribution in [3.8, 4) is 0 Å². The van der Waals surface area contributed by atoms with E-state index in [0.29, 0.717) is 5.82 Å². The summed E-state index contributed by atoms with van der Waals surface area (Å²) >= 11 is 0. The molecule has 4 nitrogen and oxygen atoms in total. The van der Waals surface area contributed by atoms with Gasteiger partial charge >= 0.3 is 5.97 Å². The Morgan fingerprint density at radius 2 is 2.22 bits per heavy atom. The van der Waals surface area contributed by atoms with E-state index < -0.39 is 23.5 Å². The van der Waals surface area contributed by atoms with Gasteiger partial charge in [0, 0.05) is 18.5 Å². The highest BCUT2D eigenvalue weighted by atomic mass is 19.1. The van der Waals surface area contributed by atoms with Gasteiger partial charge in [0.2, 0.25) is 0 Å². The predicted molar refractivity (Wildman–Crippen MR) is 59.0 cm³/mol. The molecule has 0 aliphatic heterocycles. The summed E-state index contributed by atoms with van der Waals surface area (Å²) in [4.78, 5) is 17.5. The van der Waals surface area contributed by atoms with Crippen LogP contribution < -0.4 is 0 Å². The molecule has 0 amide bonds. The zero-order valence-corrected chi connectivity index (χ0v) is 9.23. The monoisotopic (exact) mass is 252 g/mol.